The largest absolute Gasteiger partial charge is 0.409 e. The molecule has 3 N–H and O–H groups in total. The Morgan fingerprint density at radius 1 is 1.59 bits per heavy atom. The van der Waals surface area contributed by atoms with E-state index in [1.54, 1.807) is 6.20 Å². The first-order chi connectivity index (χ1) is 8.19. The van der Waals surface area contributed by atoms with Crippen LogP contribution in [0.15, 0.2) is 29.6 Å². The summed E-state index contributed by atoms with van der Waals surface area (Å²) in [5, 5.41) is 11.8. The van der Waals surface area contributed by atoms with Crippen molar-refractivity contribution in [3.05, 3.63) is 30.1 Å². The first-order valence-corrected chi connectivity index (χ1v) is 5.76. The van der Waals surface area contributed by atoms with E-state index in [1.807, 2.05) is 32.2 Å². The zero-order valence-electron chi connectivity index (χ0n) is 10.4. The normalized spacial score (nSPS) is 13.9. The van der Waals surface area contributed by atoms with Crippen molar-refractivity contribution in [2.24, 2.45) is 10.9 Å². The second-order valence-electron chi connectivity index (χ2n) is 4.00. The van der Waals surface area contributed by atoms with E-state index >= 15 is 0 Å². The van der Waals surface area contributed by atoms with Crippen molar-refractivity contribution in [2.75, 3.05) is 13.6 Å². The Balaban J connectivity index is 2.51. The topological polar surface area (TPSA) is 74.7 Å². The lowest BCUT2D eigenvalue weighted by atomic mass is 10.1. The van der Waals surface area contributed by atoms with E-state index in [4.69, 9.17) is 10.9 Å². The molecule has 1 aromatic rings. The maximum absolute atomic E-state index is 8.69. The summed E-state index contributed by atoms with van der Waals surface area (Å²) in [4.78, 5) is 6.34. The lowest BCUT2D eigenvalue weighted by Gasteiger charge is -2.25. The van der Waals surface area contributed by atoms with E-state index in [9.17, 15) is 0 Å². The van der Waals surface area contributed by atoms with Crippen LogP contribution in [0.25, 0.3) is 0 Å². The van der Waals surface area contributed by atoms with Crippen molar-refractivity contribution < 1.29 is 5.21 Å². The molecule has 0 bridgehead atoms. The van der Waals surface area contributed by atoms with Crippen LogP contribution in [0, 0.1) is 0 Å². The number of amidine groups is 1. The number of oxime groups is 1. The quantitative estimate of drug-likeness (QED) is 0.335. The van der Waals surface area contributed by atoms with Gasteiger partial charge in [0.05, 0.1) is 6.04 Å². The number of hydrogen-bond acceptors (Lipinski definition) is 4. The maximum atomic E-state index is 8.69. The third kappa shape index (κ3) is 4.03. The third-order valence-electron chi connectivity index (χ3n) is 2.82. The molecule has 1 unspecified atom stereocenters. The van der Waals surface area contributed by atoms with E-state index < -0.39 is 0 Å². The smallest absolute Gasteiger partial charge is 0.156 e. The lowest BCUT2D eigenvalue weighted by molar-refractivity contribution is 0.272. The minimum absolute atomic E-state index is 0.0243. The molecule has 17 heavy (non-hydrogen) atoms. The molecular formula is C12H20N4O. The van der Waals surface area contributed by atoms with Gasteiger partial charge < -0.3 is 10.9 Å². The van der Waals surface area contributed by atoms with E-state index in [0.29, 0.717) is 0 Å². The fourth-order valence-corrected chi connectivity index (χ4v) is 1.81. The Bertz CT molecular complexity index is 353. The number of aromatic nitrogens is 1. The predicted molar refractivity (Wildman–Crippen MR) is 68.1 cm³/mol. The number of nitrogens with zero attached hydrogens (tertiary/aromatic N) is 3. The van der Waals surface area contributed by atoms with Crippen LogP contribution >= 0.6 is 0 Å². The van der Waals surface area contributed by atoms with Crippen LogP contribution < -0.4 is 5.73 Å². The zero-order valence-corrected chi connectivity index (χ0v) is 10.4. The van der Waals surface area contributed by atoms with Gasteiger partial charge in [0.2, 0.25) is 0 Å². The molecule has 0 aromatic carbocycles. The maximum Gasteiger partial charge on any atom is 0.156 e. The monoisotopic (exact) mass is 236 g/mol. The summed E-state index contributed by atoms with van der Waals surface area (Å²) in [6.45, 7) is 2.84. The number of likely N-dealkylation sites (N-methyl/N-ethyl adjacent to an activating group) is 1. The Labute approximate surface area is 102 Å². The van der Waals surface area contributed by atoms with Gasteiger partial charge >= 0.3 is 0 Å². The van der Waals surface area contributed by atoms with Crippen LogP contribution in [-0.2, 0) is 6.42 Å². The van der Waals surface area contributed by atoms with Crippen molar-refractivity contribution in [1.29, 1.82) is 0 Å². The highest BCUT2D eigenvalue weighted by atomic mass is 16.4. The Hall–Kier alpha value is -1.62. The van der Waals surface area contributed by atoms with Gasteiger partial charge in [-0.1, -0.05) is 18.1 Å². The molecular weight excluding hydrogens is 216 g/mol. The van der Waals surface area contributed by atoms with Crippen molar-refractivity contribution in [1.82, 2.24) is 9.88 Å². The van der Waals surface area contributed by atoms with Gasteiger partial charge in [0, 0.05) is 24.9 Å². The molecule has 5 heteroatoms. The summed E-state index contributed by atoms with van der Waals surface area (Å²) in [6.07, 6.45) is 3.46. The zero-order chi connectivity index (χ0) is 12.7. The number of pyridine rings is 1. The first-order valence-electron chi connectivity index (χ1n) is 5.76. The lowest BCUT2D eigenvalue weighted by Crippen LogP contribution is -2.43. The molecule has 0 saturated carbocycles. The van der Waals surface area contributed by atoms with Gasteiger partial charge in [-0.2, -0.15) is 0 Å². The average molecular weight is 236 g/mol. The van der Waals surface area contributed by atoms with Crippen LogP contribution in [0.3, 0.4) is 0 Å². The molecule has 0 amide bonds. The highest BCUT2D eigenvalue weighted by Crippen LogP contribution is 2.04. The van der Waals surface area contributed by atoms with E-state index in [0.717, 1.165) is 25.1 Å². The minimum atomic E-state index is -0.0243. The van der Waals surface area contributed by atoms with E-state index in [1.165, 1.54) is 0 Å². The van der Waals surface area contributed by atoms with Crippen molar-refractivity contribution in [3.63, 3.8) is 0 Å². The molecule has 0 aliphatic carbocycles. The fraction of sp³-hybridized carbons (Fsp3) is 0.500. The minimum Gasteiger partial charge on any atom is -0.409 e. The van der Waals surface area contributed by atoms with Crippen LogP contribution in [0.4, 0.5) is 0 Å². The van der Waals surface area contributed by atoms with Gasteiger partial charge in [0.15, 0.2) is 5.84 Å². The summed E-state index contributed by atoms with van der Waals surface area (Å²) < 4.78 is 0. The molecule has 5 nitrogen and oxygen atoms in total. The van der Waals surface area contributed by atoms with Gasteiger partial charge in [0.1, 0.15) is 0 Å². The summed E-state index contributed by atoms with van der Waals surface area (Å²) in [7, 11) is 1.97. The second-order valence-corrected chi connectivity index (χ2v) is 4.00. The molecule has 0 fully saturated rings. The second kappa shape index (κ2) is 6.85. The molecule has 0 spiro atoms. The molecule has 1 rings (SSSR count). The summed E-state index contributed by atoms with van der Waals surface area (Å²) in [6, 6.07) is 5.85. The Kier molecular flexibility index (Phi) is 5.42. The Morgan fingerprint density at radius 2 is 2.35 bits per heavy atom. The van der Waals surface area contributed by atoms with Gasteiger partial charge in [-0.25, -0.2) is 0 Å². The highest BCUT2D eigenvalue weighted by molar-refractivity contribution is 5.85. The highest BCUT2D eigenvalue weighted by Gasteiger charge is 2.16. The van der Waals surface area contributed by atoms with Crippen LogP contribution in [0.2, 0.25) is 0 Å². The van der Waals surface area contributed by atoms with Gasteiger partial charge in [-0.05, 0) is 25.6 Å². The standard InChI is InChI=1S/C12H20N4O/c1-3-11(12(13)15-17)16(2)9-7-10-6-4-5-8-14-10/h4-6,8,11,17H,3,7,9H2,1-2H3,(H2,13,15). The van der Waals surface area contributed by atoms with Crippen LogP contribution in [0.1, 0.15) is 19.0 Å². The Morgan fingerprint density at radius 3 is 2.88 bits per heavy atom. The first kappa shape index (κ1) is 13.4. The van der Waals surface area contributed by atoms with Crippen molar-refractivity contribution in [3.8, 4) is 0 Å². The molecule has 0 aliphatic rings. The molecule has 0 aliphatic heterocycles. The van der Waals surface area contributed by atoms with Crippen LogP contribution in [0.5, 0.6) is 0 Å². The molecule has 94 valence electrons. The van der Waals surface area contributed by atoms with E-state index in [2.05, 4.69) is 15.0 Å². The molecule has 1 atom stereocenters. The molecule has 0 radical (unpaired) electrons. The summed E-state index contributed by atoms with van der Waals surface area (Å²) in [5.74, 6) is 0.260. The van der Waals surface area contributed by atoms with Crippen molar-refractivity contribution >= 4 is 5.84 Å². The average Bonchev–Trinajstić information content (AvgIpc) is 2.38. The third-order valence-corrected chi connectivity index (χ3v) is 2.82. The fourth-order valence-electron chi connectivity index (χ4n) is 1.81. The van der Waals surface area contributed by atoms with Crippen molar-refractivity contribution in [2.45, 2.75) is 25.8 Å². The number of rotatable bonds is 6. The van der Waals surface area contributed by atoms with Gasteiger partial charge in [-0.3, -0.25) is 9.88 Å². The van der Waals surface area contributed by atoms with Gasteiger partial charge in [0.25, 0.3) is 0 Å². The predicted octanol–water partition coefficient (Wildman–Crippen LogP) is 1.08. The van der Waals surface area contributed by atoms with Gasteiger partial charge in [-0.15, -0.1) is 0 Å². The van der Waals surface area contributed by atoms with E-state index in [-0.39, 0.29) is 11.9 Å². The number of nitrogens with two attached hydrogens (primary N) is 1. The molecule has 1 aromatic heterocycles. The molecule has 0 saturated heterocycles. The van der Waals surface area contributed by atoms with Crippen LogP contribution in [-0.4, -0.2) is 40.6 Å². The SMILES string of the molecule is CCC(C(N)=NO)N(C)CCc1ccccn1. The summed E-state index contributed by atoms with van der Waals surface area (Å²) >= 11 is 0. The summed E-state index contributed by atoms with van der Waals surface area (Å²) in [5.41, 5.74) is 6.69. The molecule has 1 heterocycles. The number of hydrogen-bond donors (Lipinski definition) is 2.